The number of rotatable bonds is 2. The van der Waals surface area contributed by atoms with Crippen LogP contribution in [0.5, 0.6) is 0 Å². The van der Waals surface area contributed by atoms with Crippen molar-refractivity contribution in [3.63, 3.8) is 0 Å². The zero-order chi connectivity index (χ0) is 12.5. The number of carbonyl (C=O) groups excluding carboxylic acids is 1. The van der Waals surface area contributed by atoms with Crippen LogP contribution in [0.2, 0.25) is 5.15 Å². The molecule has 1 unspecified atom stereocenters. The molecule has 1 amide bonds. The van der Waals surface area contributed by atoms with Crippen molar-refractivity contribution in [2.24, 2.45) is 5.41 Å². The molecule has 5 nitrogen and oxygen atoms in total. The van der Waals surface area contributed by atoms with Gasteiger partial charge in [-0.05, 0) is 25.5 Å². The van der Waals surface area contributed by atoms with Crippen LogP contribution >= 0.6 is 11.6 Å². The van der Waals surface area contributed by atoms with Crippen molar-refractivity contribution in [1.82, 2.24) is 15.5 Å². The molecule has 1 aromatic rings. The Morgan fingerprint density at radius 1 is 1.53 bits per heavy atom. The molecule has 17 heavy (non-hydrogen) atoms. The van der Waals surface area contributed by atoms with E-state index < -0.39 is 0 Å². The first-order valence-electron chi connectivity index (χ1n) is 5.51. The summed E-state index contributed by atoms with van der Waals surface area (Å²) in [5.41, 5.74) is -0.351. The normalized spacial score (nSPS) is 23.8. The van der Waals surface area contributed by atoms with E-state index in [0.717, 1.165) is 18.8 Å². The largest absolute Gasteiger partial charge is 0.359 e. The smallest absolute Gasteiger partial charge is 0.227 e. The molecule has 1 atom stereocenters. The zero-order valence-electron chi connectivity index (χ0n) is 9.90. The van der Waals surface area contributed by atoms with Crippen LogP contribution in [0.4, 0.5) is 5.82 Å². The summed E-state index contributed by atoms with van der Waals surface area (Å²) in [4.78, 5) is 13.8. The third kappa shape index (κ3) is 2.34. The standard InChI is InChI=1S/C11H15ClN4O/c1-11(10(17)13-2)5-6-16(7-11)9-4-3-8(12)14-15-9/h3-4H,5-7H2,1-2H3,(H,13,17). The summed E-state index contributed by atoms with van der Waals surface area (Å²) < 4.78 is 0. The van der Waals surface area contributed by atoms with Gasteiger partial charge in [0.15, 0.2) is 11.0 Å². The second-order valence-corrected chi connectivity index (χ2v) is 4.91. The number of anilines is 1. The van der Waals surface area contributed by atoms with Crippen LogP contribution in [0.25, 0.3) is 0 Å². The SMILES string of the molecule is CNC(=O)C1(C)CCN(c2ccc(Cl)nn2)C1. The number of nitrogens with zero attached hydrogens (tertiary/aromatic N) is 3. The van der Waals surface area contributed by atoms with Crippen molar-refractivity contribution in [1.29, 1.82) is 0 Å². The van der Waals surface area contributed by atoms with E-state index in [1.165, 1.54) is 0 Å². The van der Waals surface area contributed by atoms with E-state index in [1.807, 2.05) is 13.0 Å². The summed E-state index contributed by atoms with van der Waals surface area (Å²) in [6.45, 7) is 3.43. The van der Waals surface area contributed by atoms with Crippen LogP contribution in [0.3, 0.4) is 0 Å². The average Bonchev–Trinajstić information content (AvgIpc) is 2.73. The second-order valence-electron chi connectivity index (χ2n) is 4.53. The Morgan fingerprint density at radius 3 is 2.88 bits per heavy atom. The molecule has 92 valence electrons. The number of hydrogen-bond donors (Lipinski definition) is 1. The lowest BCUT2D eigenvalue weighted by Crippen LogP contribution is -2.39. The highest BCUT2D eigenvalue weighted by atomic mass is 35.5. The maximum Gasteiger partial charge on any atom is 0.227 e. The van der Waals surface area contributed by atoms with Crippen LogP contribution in [0.15, 0.2) is 12.1 Å². The fourth-order valence-corrected chi connectivity index (χ4v) is 2.22. The van der Waals surface area contributed by atoms with E-state index in [9.17, 15) is 4.79 Å². The third-order valence-electron chi connectivity index (χ3n) is 3.19. The Balaban J connectivity index is 2.12. The number of carbonyl (C=O) groups is 1. The van der Waals surface area contributed by atoms with E-state index in [2.05, 4.69) is 20.4 Å². The first-order valence-corrected chi connectivity index (χ1v) is 5.89. The Labute approximate surface area is 105 Å². The number of amides is 1. The zero-order valence-corrected chi connectivity index (χ0v) is 10.7. The Bertz CT molecular complexity index is 422. The van der Waals surface area contributed by atoms with E-state index in [-0.39, 0.29) is 11.3 Å². The number of hydrogen-bond acceptors (Lipinski definition) is 4. The van der Waals surface area contributed by atoms with Gasteiger partial charge in [0.2, 0.25) is 5.91 Å². The van der Waals surface area contributed by atoms with Crippen LogP contribution in [-0.4, -0.2) is 36.2 Å². The van der Waals surface area contributed by atoms with E-state index in [0.29, 0.717) is 11.7 Å². The van der Waals surface area contributed by atoms with Crippen LogP contribution in [-0.2, 0) is 4.79 Å². The highest BCUT2D eigenvalue weighted by Crippen LogP contribution is 2.32. The monoisotopic (exact) mass is 254 g/mol. The molecule has 0 bridgehead atoms. The minimum absolute atomic E-state index is 0.0712. The molecular formula is C11H15ClN4O. The molecule has 6 heteroatoms. The molecule has 0 spiro atoms. The van der Waals surface area contributed by atoms with Gasteiger partial charge in [0.1, 0.15) is 0 Å². The highest BCUT2D eigenvalue weighted by Gasteiger charge is 2.40. The van der Waals surface area contributed by atoms with Crippen LogP contribution < -0.4 is 10.2 Å². The Hall–Kier alpha value is -1.36. The summed E-state index contributed by atoms with van der Waals surface area (Å²) in [7, 11) is 1.67. The lowest BCUT2D eigenvalue weighted by Gasteiger charge is -2.22. The molecule has 1 aliphatic rings. The third-order valence-corrected chi connectivity index (χ3v) is 3.39. The molecule has 2 heterocycles. The number of aromatic nitrogens is 2. The molecule has 0 saturated carbocycles. The van der Waals surface area contributed by atoms with Gasteiger partial charge in [0.25, 0.3) is 0 Å². The van der Waals surface area contributed by atoms with Crippen molar-refractivity contribution >= 4 is 23.3 Å². The van der Waals surface area contributed by atoms with Crippen LogP contribution in [0.1, 0.15) is 13.3 Å². The van der Waals surface area contributed by atoms with Crippen molar-refractivity contribution in [2.75, 3.05) is 25.0 Å². The van der Waals surface area contributed by atoms with Gasteiger partial charge in [-0.3, -0.25) is 4.79 Å². The maximum absolute atomic E-state index is 11.8. The minimum Gasteiger partial charge on any atom is -0.359 e. The molecule has 1 saturated heterocycles. The molecule has 1 aromatic heterocycles. The summed E-state index contributed by atoms with van der Waals surface area (Å²) in [5, 5.41) is 10.9. The van der Waals surface area contributed by atoms with E-state index in [1.54, 1.807) is 13.1 Å². The molecule has 1 N–H and O–H groups in total. The van der Waals surface area contributed by atoms with Gasteiger partial charge < -0.3 is 10.2 Å². The predicted octanol–water partition coefficient (Wildman–Crippen LogP) is 1.09. The maximum atomic E-state index is 11.8. The fraction of sp³-hybridized carbons (Fsp3) is 0.545. The Morgan fingerprint density at radius 2 is 2.29 bits per heavy atom. The number of nitrogens with one attached hydrogen (secondary N) is 1. The molecule has 1 fully saturated rings. The summed E-state index contributed by atoms with van der Waals surface area (Å²) in [6, 6.07) is 3.53. The van der Waals surface area contributed by atoms with Crippen molar-refractivity contribution in [2.45, 2.75) is 13.3 Å². The van der Waals surface area contributed by atoms with Gasteiger partial charge in [0, 0.05) is 20.1 Å². The second kappa shape index (κ2) is 4.49. The van der Waals surface area contributed by atoms with Gasteiger partial charge in [-0.15, -0.1) is 10.2 Å². The predicted molar refractivity (Wildman–Crippen MR) is 66.0 cm³/mol. The summed E-state index contributed by atoms with van der Waals surface area (Å²) in [6.07, 6.45) is 0.816. The molecule has 2 rings (SSSR count). The van der Waals surface area contributed by atoms with Gasteiger partial charge in [0.05, 0.1) is 5.41 Å². The highest BCUT2D eigenvalue weighted by molar-refractivity contribution is 6.29. The summed E-state index contributed by atoms with van der Waals surface area (Å²) in [5.74, 6) is 0.837. The minimum atomic E-state index is -0.351. The molecular weight excluding hydrogens is 240 g/mol. The Kier molecular flexibility index (Phi) is 3.19. The quantitative estimate of drug-likeness (QED) is 0.859. The molecule has 0 aromatic carbocycles. The molecule has 0 radical (unpaired) electrons. The van der Waals surface area contributed by atoms with Gasteiger partial charge >= 0.3 is 0 Å². The van der Waals surface area contributed by atoms with E-state index >= 15 is 0 Å². The topological polar surface area (TPSA) is 58.1 Å². The van der Waals surface area contributed by atoms with Gasteiger partial charge in [-0.1, -0.05) is 11.6 Å². The van der Waals surface area contributed by atoms with Crippen molar-refractivity contribution in [3.05, 3.63) is 17.3 Å². The first-order chi connectivity index (χ1) is 8.05. The average molecular weight is 255 g/mol. The van der Waals surface area contributed by atoms with Gasteiger partial charge in [-0.25, -0.2) is 0 Å². The lowest BCUT2D eigenvalue weighted by atomic mass is 9.89. The van der Waals surface area contributed by atoms with Crippen LogP contribution in [0, 0.1) is 5.41 Å². The van der Waals surface area contributed by atoms with Gasteiger partial charge in [-0.2, -0.15) is 0 Å². The molecule has 0 aliphatic carbocycles. The first kappa shape index (κ1) is 12.1. The van der Waals surface area contributed by atoms with Crippen molar-refractivity contribution < 1.29 is 4.79 Å². The van der Waals surface area contributed by atoms with E-state index in [4.69, 9.17) is 11.6 Å². The summed E-state index contributed by atoms with van der Waals surface area (Å²) >= 11 is 5.69. The molecule has 1 aliphatic heterocycles. The fourth-order valence-electron chi connectivity index (χ4n) is 2.12. The number of halogens is 1. The van der Waals surface area contributed by atoms with Crippen molar-refractivity contribution in [3.8, 4) is 0 Å². The lowest BCUT2D eigenvalue weighted by molar-refractivity contribution is -0.128.